The average molecular weight is 478 g/mol. The molecule has 1 heterocycles. The van der Waals surface area contributed by atoms with Gasteiger partial charge >= 0.3 is 5.97 Å². The van der Waals surface area contributed by atoms with Crippen molar-refractivity contribution in [3.8, 4) is 0 Å². The normalized spacial score (nSPS) is 12.8. The molecule has 176 valence electrons. The lowest BCUT2D eigenvalue weighted by molar-refractivity contribution is -0.117. The maximum atomic E-state index is 12.5. The molecule has 1 aliphatic rings. The summed E-state index contributed by atoms with van der Waals surface area (Å²) in [6.45, 7) is 7.48. The molecule has 1 aromatic heterocycles. The van der Waals surface area contributed by atoms with Crippen LogP contribution in [0, 0.1) is 26.7 Å². The van der Waals surface area contributed by atoms with E-state index in [4.69, 9.17) is 4.74 Å². The molecular weight excluding hydrogens is 450 g/mol. The van der Waals surface area contributed by atoms with Crippen LogP contribution in [0.1, 0.15) is 52.5 Å². The zero-order valence-corrected chi connectivity index (χ0v) is 20.5. The quantitative estimate of drug-likeness (QED) is 0.457. The lowest BCUT2D eigenvalue weighted by Gasteiger charge is -2.23. The number of hydrogen-bond acceptors (Lipinski definition) is 6. The highest BCUT2D eigenvalue weighted by Gasteiger charge is 2.29. The van der Waals surface area contributed by atoms with Crippen molar-refractivity contribution in [1.82, 2.24) is 4.98 Å². The molecule has 0 aliphatic heterocycles. The van der Waals surface area contributed by atoms with E-state index in [-0.39, 0.29) is 24.3 Å². The van der Waals surface area contributed by atoms with Crippen LogP contribution in [-0.2, 0) is 20.9 Å². The van der Waals surface area contributed by atoms with E-state index in [0.717, 1.165) is 35.2 Å². The summed E-state index contributed by atoms with van der Waals surface area (Å²) in [5.41, 5.74) is 5.55. The minimum Gasteiger partial charge on any atom is -0.456 e. The van der Waals surface area contributed by atoms with Crippen molar-refractivity contribution in [3.63, 3.8) is 0 Å². The van der Waals surface area contributed by atoms with Gasteiger partial charge in [0.15, 0.2) is 5.13 Å². The van der Waals surface area contributed by atoms with Crippen LogP contribution in [0.5, 0.6) is 0 Å². The number of carbonyl (C=O) groups is 3. The van der Waals surface area contributed by atoms with Crippen molar-refractivity contribution >= 4 is 45.6 Å². The Kier molecular flexibility index (Phi) is 6.79. The zero-order valence-electron chi connectivity index (χ0n) is 19.7. The van der Waals surface area contributed by atoms with E-state index in [9.17, 15) is 14.4 Å². The number of nitrogens with one attached hydrogen (secondary N) is 1. The third-order valence-corrected chi connectivity index (χ3v) is 6.47. The molecule has 0 unspecified atom stereocenters. The SMILES string of the molecule is CC(=O)N(c1nc(COC(=O)c2ccc(NC(=O)C3CC3)cc2)cs1)c1c(C)cc(C)cc1C. The first-order chi connectivity index (χ1) is 16.2. The third kappa shape index (κ3) is 5.34. The summed E-state index contributed by atoms with van der Waals surface area (Å²) in [6.07, 6.45) is 1.87. The van der Waals surface area contributed by atoms with Crippen LogP contribution >= 0.6 is 11.3 Å². The number of nitrogens with zero attached hydrogens (tertiary/aromatic N) is 2. The van der Waals surface area contributed by atoms with Gasteiger partial charge < -0.3 is 10.1 Å². The standard InChI is InChI=1S/C26H27N3O4S/c1-15-11-16(2)23(17(3)12-15)29(18(4)30)26-28-22(14-34-26)13-33-25(32)20-7-9-21(10-8-20)27-24(31)19-5-6-19/h7-12,14,19H,5-6,13H2,1-4H3,(H,27,31). The predicted molar refractivity (Wildman–Crippen MR) is 133 cm³/mol. The number of hydrogen-bond donors (Lipinski definition) is 1. The molecular formula is C26H27N3O4S. The van der Waals surface area contributed by atoms with Crippen LogP contribution in [0.3, 0.4) is 0 Å². The number of thiazole rings is 1. The Hall–Kier alpha value is -3.52. The molecule has 1 saturated carbocycles. The van der Waals surface area contributed by atoms with Gasteiger partial charge in [0, 0.05) is 23.9 Å². The average Bonchev–Trinajstić information content (AvgIpc) is 3.54. The fourth-order valence-corrected chi connectivity index (χ4v) is 4.74. The second-order valence-corrected chi connectivity index (χ2v) is 9.48. The minimum absolute atomic E-state index is 0.00684. The highest BCUT2D eigenvalue weighted by molar-refractivity contribution is 7.14. The van der Waals surface area contributed by atoms with E-state index in [1.54, 1.807) is 34.5 Å². The lowest BCUT2D eigenvalue weighted by Crippen LogP contribution is -2.24. The molecule has 8 heteroatoms. The summed E-state index contributed by atoms with van der Waals surface area (Å²) < 4.78 is 5.42. The first-order valence-electron chi connectivity index (χ1n) is 11.1. The molecule has 0 radical (unpaired) electrons. The van der Waals surface area contributed by atoms with E-state index in [1.807, 2.05) is 32.9 Å². The fraction of sp³-hybridized carbons (Fsp3) is 0.308. The Balaban J connectivity index is 1.41. The van der Waals surface area contributed by atoms with Gasteiger partial charge in [0.05, 0.1) is 16.9 Å². The van der Waals surface area contributed by atoms with E-state index in [0.29, 0.717) is 22.1 Å². The summed E-state index contributed by atoms with van der Waals surface area (Å²) in [7, 11) is 0. The Labute approximate surface area is 202 Å². The Morgan fingerprint density at radius 1 is 1.09 bits per heavy atom. The van der Waals surface area contributed by atoms with Gasteiger partial charge in [-0.3, -0.25) is 14.5 Å². The molecule has 0 spiro atoms. The number of aromatic nitrogens is 1. The molecule has 1 N–H and O–H groups in total. The molecule has 7 nitrogen and oxygen atoms in total. The maximum absolute atomic E-state index is 12.5. The molecule has 4 rings (SSSR count). The Morgan fingerprint density at radius 2 is 1.74 bits per heavy atom. The second kappa shape index (κ2) is 9.77. The smallest absolute Gasteiger partial charge is 0.338 e. The number of anilines is 3. The minimum atomic E-state index is -0.483. The van der Waals surface area contributed by atoms with Gasteiger partial charge in [-0.05, 0) is 69.0 Å². The van der Waals surface area contributed by atoms with Crippen LogP contribution in [0.2, 0.25) is 0 Å². The van der Waals surface area contributed by atoms with Crippen LogP contribution < -0.4 is 10.2 Å². The van der Waals surface area contributed by atoms with Gasteiger partial charge in [-0.15, -0.1) is 11.3 Å². The fourth-order valence-electron chi connectivity index (χ4n) is 3.88. The molecule has 0 saturated heterocycles. The number of amides is 2. The van der Waals surface area contributed by atoms with Gasteiger partial charge in [-0.25, -0.2) is 9.78 Å². The van der Waals surface area contributed by atoms with Crippen molar-refractivity contribution in [2.75, 3.05) is 10.2 Å². The Morgan fingerprint density at radius 3 is 2.32 bits per heavy atom. The van der Waals surface area contributed by atoms with Gasteiger partial charge in [-0.2, -0.15) is 0 Å². The van der Waals surface area contributed by atoms with E-state index < -0.39 is 5.97 Å². The topological polar surface area (TPSA) is 88.6 Å². The molecule has 0 atom stereocenters. The molecule has 2 amide bonds. The van der Waals surface area contributed by atoms with E-state index >= 15 is 0 Å². The molecule has 0 bridgehead atoms. The summed E-state index contributed by atoms with van der Waals surface area (Å²) >= 11 is 1.33. The molecule has 1 aliphatic carbocycles. The van der Waals surface area contributed by atoms with Gasteiger partial charge in [0.1, 0.15) is 6.61 Å². The first-order valence-corrected chi connectivity index (χ1v) is 12.0. The van der Waals surface area contributed by atoms with Gasteiger partial charge in [0.25, 0.3) is 0 Å². The zero-order chi connectivity index (χ0) is 24.4. The second-order valence-electron chi connectivity index (χ2n) is 8.64. The number of carbonyl (C=O) groups excluding carboxylic acids is 3. The summed E-state index contributed by atoms with van der Waals surface area (Å²) in [4.78, 5) is 43.0. The third-order valence-electron chi connectivity index (χ3n) is 5.59. The first kappa shape index (κ1) is 23.6. The van der Waals surface area contributed by atoms with Crippen LogP contribution in [0.15, 0.2) is 41.8 Å². The van der Waals surface area contributed by atoms with Gasteiger partial charge in [-0.1, -0.05) is 17.7 Å². The number of esters is 1. The highest BCUT2D eigenvalue weighted by Crippen LogP contribution is 2.34. The van der Waals surface area contributed by atoms with Crippen molar-refractivity contribution in [2.45, 2.75) is 47.1 Å². The molecule has 34 heavy (non-hydrogen) atoms. The predicted octanol–water partition coefficient (Wildman–Crippen LogP) is 5.46. The van der Waals surface area contributed by atoms with Crippen LogP contribution in [-0.4, -0.2) is 22.8 Å². The maximum Gasteiger partial charge on any atom is 0.338 e. The number of benzene rings is 2. The van der Waals surface area contributed by atoms with E-state index in [1.165, 1.54) is 18.3 Å². The molecule has 1 fully saturated rings. The lowest BCUT2D eigenvalue weighted by atomic mass is 10.0. The van der Waals surface area contributed by atoms with E-state index in [2.05, 4.69) is 10.3 Å². The van der Waals surface area contributed by atoms with Crippen molar-refractivity contribution < 1.29 is 19.1 Å². The van der Waals surface area contributed by atoms with Crippen LogP contribution in [0.4, 0.5) is 16.5 Å². The number of aryl methyl sites for hydroxylation is 3. The van der Waals surface area contributed by atoms with Crippen molar-refractivity contribution in [3.05, 3.63) is 69.7 Å². The molecule has 3 aromatic rings. The van der Waals surface area contributed by atoms with Crippen molar-refractivity contribution in [1.29, 1.82) is 0 Å². The molecule has 2 aromatic carbocycles. The summed E-state index contributed by atoms with van der Waals surface area (Å²) in [5.74, 6) is -0.485. The van der Waals surface area contributed by atoms with Gasteiger partial charge in [0.2, 0.25) is 11.8 Å². The monoisotopic (exact) mass is 477 g/mol. The number of ether oxygens (including phenoxy) is 1. The summed E-state index contributed by atoms with van der Waals surface area (Å²) in [5, 5.41) is 5.16. The van der Waals surface area contributed by atoms with Crippen LogP contribution in [0.25, 0.3) is 0 Å². The Bertz CT molecular complexity index is 1220. The van der Waals surface area contributed by atoms with Crippen molar-refractivity contribution in [2.24, 2.45) is 5.92 Å². The summed E-state index contributed by atoms with van der Waals surface area (Å²) in [6, 6.07) is 10.7. The number of rotatable bonds is 7. The highest BCUT2D eigenvalue weighted by atomic mass is 32.1. The largest absolute Gasteiger partial charge is 0.456 e.